The summed E-state index contributed by atoms with van der Waals surface area (Å²) in [5.74, 6) is -0.914. The molecule has 0 radical (unpaired) electrons. The van der Waals surface area contributed by atoms with Crippen LogP contribution in [0.15, 0.2) is 6.33 Å². The molecular weight excluding hydrogens is 283 g/mol. The molecule has 5 nitrogen and oxygen atoms in total. The Bertz CT molecular complexity index is 656. The number of rotatable bonds is 2. The predicted molar refractivity (Wildman–Crippen MR) is 72.2 cm³/mol. The van der Waals surface area contributed by atoms with Crippen molar-refractivity contribution >= 4 is 17.0 Å². The highest BCUT2D eigenvalue weighted by atomic mass is 19.4. The molecule has 1 aliphatic rings. The van der Waals surface area contributed by atoms with Crippen LogP contribution < -0.4 is 4.90 Å². The van der Waals surface area contributed by atoms with Gasteiger partial charge in [-0.15, -0.1) is 0 Å². The maximum Gasteiger partial charge on any atom is 0.451 e. The number of halogens is 3. The number of hydrogen-bond acceptors (Lipinski definition) is 4. The van der Waals surface area contributed by atoms with Crippen LogP contribution in [0.2, 0.25) is 0 Å². The minimum absolute atomic E-state index is 0.181. The minimum atomic E-state index is -4.57. The lowest BCUT2D eigenvalue weighted by Crippen LogP contribution is -2.18. The minimum Gasteiger partial charge on any atom is -0.361 e. The van der Waals surface area contributed by atoms with Crippen LogP contribution in [-0.4, -0.2) is 33.6 Å². The SMILES string of the molecule is CN(C)c1nc(C(F)(F)F)nc2c1ncn2C1CCCC1. The van der Waals surface area contributed by atoms with Gasteiger partial charge in [0, 0.05) is 20.1 Å². The number of hydrogen-bond donors (Lipinski definition) is 0. The van der Waals surface area contributed by atoms with Crippen LogP contribution >= 0.6 is 0 Å². The Kier molecular flexibility index (Phi) is 3.26. The summed E-state index contributed by atoms with van der Waals surface area (Å²) in [6.07, 6.45) is 1.10. The van der Waals surface area contributed by atoms with Crippen LogP contribution in [-0.2, 0) is 6.18 Å². The van der Waals surface area contributed by atoms with Gasteiger partial charge >= 0.3 is 6.18 Å². The Labute approximate surface area is 119 Å². The van der Waals surface area contributed by atoms with Crippen molar-refractivity contribution in [3.63, 3.8) is 0 Å². The van der Waals surface area contributed by atoms with Crippen molar-refractivity contribution in [2.75, 3.05) is 19.0 Å². The number of aromatic nitrogens is 4. The standard InChI is InChI=1S/C13H16F3N5/c1-20(2)10-9-11(19-12(18-10)13(14,15)16)21(7-17-9)8-5-3-4-6-8/h7-8H,3-6H2,1-2H3. The van der Waals surface area contributed by atoms with Gasteiger partial charge in [0.1, 0.15) is 0 Å². The molecule has 0 N–H and O–H groups in total. The first-order chi connectivity index (χ1) is 9.88. The van der Waals surface area contributed by atoms with Crippen molar-refractivity contribution in [1.82, 2.24) is 19.5 Å². The zero-order valence-electron chi connectivity index (χ0n) is 11.9. The van der Waals surface area contributed by atoms with E-state index in [0.717, 1.165) is 25.7 Å². The second-order valence-electron chi connectivity index (χ2n) is 5.53. The summed E-state index contributed by atoms with van der Waals surface area (Å²) in [7, 11) is 3.30. The molecule has 2 heterocycles. The summed E-state index contributed by atoms with van der Waals surface area (Å²) in [6, 6.07) is 0.181. The highest BCUT2D eigenvalue weighted by Gasteiger charge is 2.37. The Morgan fingerprint density at radius 2 is 1.86 bits per heavy atom. The Balaban J connectivity index is 2.21. The Morgan fingerprint density at radius 3 is 2.43 bits per heavy atom. The van der Waals surface area contributed by atoms with Gasteiger partial charge < -0.3 is 9.47 Å². The quantitative estimate of drug-likeness (QED) is 0.855. The fourth-order valence-electron chi connectivity index (χ4n) is 2.79. The molecule has 3 rings (SSSR count). The van der Waals surface area contributed by atoms with Crippen molar-refractivity contribution in [2.45, 2.75) is 37.9 Å². The normalized spacial score (nSPS) is 16.8. The lowest BCUT2D eigenvalue weighted by molar-refractivity contribution is -0.144. The fraction of sp³-hybridized carbons (Fsp3) is 0.615. The monoisotopic (exact) mass is 299 g/mol. The summed E-state index contributed by atoms with van der Waals surface area (Å²) < 4.78 is 40.8. The van der Waals surface area contributed by atoms with Crippen LogP contribution in [0.1, 0.15) is 37.5 Å². The molecule has 1 aliphatic carbocycles. The van der Waals surface area contributed by atoms with E-state index in [9.17, 15) is 13.2 Å². The van der Waals surface area contributed by atoms with E-state index in [1.807, 2.05) is 0 Å². The molecule has 2 aromatic rings. The van der Waals surface area contributed by atoms with Gasteiger partial charge in [0.15, 0.2) is 17.0 Å². The summed E-state index contributed by atoms with van der Waals surface area (Å²) in [5, 5.41) is 0. The topological polar surface area (TPSA) is 46.8 Å². The number of fused-ring (bicyclic) bond motifs is 1. The molecule has 0 amide bonds. The molecular formula is C13H16F3N5. The van der Waals surface area contributed by atoms with E-state index in [0.29, 0.717) is 5.52 Å². The van der Waals surface area contributed by atoms with Gasteiger partial charge in [-0.05, 0) is 12.8 Å². The van der Waals surface area contributed by atoms with Crippen LogP contribution in [0.3, 0.4) is 0 Å². The summed E-state index contributed by atoms with van der Waals surface area (Å²) >= 11 is 0. The second kappa shape index (κ2) is 4.85. The Morgan fingerprint density at radius 1 is 1.19 bits per heavy atom. The molecule has 0 bridgehead atoms. The Hall–Kier alpha value is -1.86. The largest absolute Gasteiger partial charge is 0.451 e. The van der Waals surface area contributed by atoms with Crippen LogP contribution in [0.25, 0.3) is 11.2 Å². The average molecular weight is 299 g/mol. The van der Waals surface area contributed by atoms with Crippen molar-refractivity contribution in [3.05, 3.63) is 12.2 Å². The van der Waals surface area contributed by atoms with Gasteiger partial charge in [-0.3, -0.25) is 0 Å². The first-order valence-electron chi connectivity index (χ1n) is 6.87. The molecule has 2 aromatic heterocycles. The highest BCUT2D eigenvalue weighted by molar-refractivity contribution is 5.83. The molecule has 114 valence electrons. The third-order valence-electron chi connectivity index (χ3n) is 3.80. The van der Waals surface area contributed by atoms with E-state index in [1.54, 1.807) is 25.0 Å². The van der Waals surface area contributed by atoms with Gasteiger partial charge in [0.05, 0.1) is 6.33 Å². The zero-order chi connectivity index (χ0) is 15.2. The van der Waals surface area contributed by atoms with Crippen molar-refractivity contribution < 1.29 is 13.2 Å². The number of imidazole rings is 1. The summed E-state index contributed by atoms with van der Waals surface area (Å²) in [5.41, 5.74) is 0.688. The zero-order valence-corrected chi connectivity index (χ0v) is 11.9. The second-order valence-corrected chi connectivity index (χ2v) is 5.53. The van der Waals surface area contributed by atoms with Crippen molar-refractivity contribution in [3.8, 4) is 0 Å². The maximum atomic E-state index is 13.0. The molecule has 0 aliphatic heterocycles. The summed E-state index contributed by atoms with van der Waals surface area (Å²) in [6.45, 7) is 0. The molecule has 1 saturated carbocycles. The van der Waals surface area contributed by atoms with E-state index in [1.165, 1.54) is 4.90 Å². The van der Waals surface area contributed by atoms with E-state index >= 15 is 0 Å². The molecule has 0 atom stereocenters. The van der Waals surface area contributed by atoms with E-state index in [4.69, 9.17) is 0 Å². The molecule has 0 aromatic carbocycles. The molecule has 0 spiro atoms. The van der Waals surface area contributed by atoms with Crippen molar-refractivity contribution in [2.24, 2.45) is 0 Å². The van der Waals surface area contributed by atoms with E-state index in [-0.39, 0.29) is 17.5 Å². The fourth-order valence-corrected chi connectivity index (χ4v) is 2.79. The van der Waals surface area contributed by atoms with Crippen LogP contribution in [0, 0.1) is 0 Å². The number of alkyl halides is 3. The number of anilines is 1. The van der Waals surface area contributed by atoms with Gasteiger partial charge in [-0.2, -0.15) is 13.2 Å². The molecule has 0 saturated heterocycles. The first kappa shape index (κ1) is 14.1. The van der Waals surface area contributed by atoms with E-state index in [2.05, 4.69) is 15.0 Å². The molecule has 0 unspecified atom stereocenters. The highest BCUT2D eigenvalue weighted by Crippen LogP contribution is 2.35. The van der Waals surface area contributed by atoms with Crippen molar-refractivity contribution in [1.29, 1.82) is 0 Å². The lowest BCUT2D eigenvalue weighted by atomic mass is 10.2. The van der Waals surface area contributed by atoms with E-state index < -0.39 is 12.0 Å². The first-order valence-corrected chi connectivity index (χ1v) is 6.87. The average Bonchev–Trinajstić information content (AvgIpc) is 3.04. The lowest BCUT2D eigenvalue weighted by Gasteiger charge is -2.16. The molecule has 21 heavy (non-hydrogen) atoms. The molecule has 8 heteroatoms. The van der Waals surface area contributed by atoms with Crippen LogP contribution in [0.5, 0.6) is 0 Å². The van der Waals surface area contributed by atoms with Gasteiger partial charge in [-0.25, -0.2) is 15.0 Å². The van der Waals surface area contributed by atoms with Crippen LogP contribution in [0.4, 0.5) is 19.0 Å². The maximum absolute atomic E-state index is 13.0. The smallest absolute Gasteiger partial charge is 0.361 e. The number of nitrogens with zero attached hydrogens (tertiary/aromatic N) is 5. The van der Waals surface area contributed by atoms with Gasteiger partial charge in [-0.1, -0.05) is 12.8 Å². The third kappa shape index (κ3) is 2.43. The third-order valence-corrected chi connectivity index (χ3v) is 3.80. The summed E-state index contributed by atoms with van der Waals surface area (Å²) in [4.78, 5) is 13.1. The molecule has 1 fully saturated rings. The predicted octanol–water partition coefficient (Wildman–Crippen LogP) is 3.03. The van der Waals surface area contributed by atoms with Gasteiger partial charge in [0.25, 0.3) is 0 Å². The van der Waals surface area contributed by atoms with Gasteiger partial charge in [0.2, 0.25) is 5.82 Å².